The van der Waals surface area contributed by atoms with Crippen LogP contribution in [0.5, 0.6) is 0 Å². The average Bonchev–Trinajstić information content (AvgIpc) is 3.89. The zero-order chi connectivity index (χ0) is 29.8. The first-order valence-electron chi connectivity index (χ1n) is 14.9. The van der Waals surface area contributed by atoms with Gasteiger partial charge in [0, 0.05) is 37.7 Å². The van der Waals surface area contributed by atoms with Gasteiger partial charge < -0.3 is 20.2 Å². The maximum atomic E-state index is 13.3. The molecule has 6 rings (SSSR count). The number of rotatable bonds is 10. The first kappa shape index (κ1) is 28.2. The largest absolute Gasteiger partial charge is 0.481 e. The number of fused-ring (bicyclic) bond motifs is 1. The number of benzene rings is 4. The van der Waals surface area contributed by atoms with Gasteiger partial charge in [0.2, 0.25) is 5.91 Å². The van der Waals surface area contributed by atoms with Gasteiger partial charge in [-0.3, -0.25) is 14.4 Å². The van der Waals surface area contributed by atoms with E-state index in [1.54, 1.807) is 17.0 Å². The number of carboxylic acid groups (broad SMARTS) is 1. The molecule has 1 heterocycles. The van der Waals surface area contributed by atoms with Crippen LogP contribution in [-0.4, -0.2) is 40.9 Å². The summed E-state index contributed by atoms with van der Waals surface area (Å²) in [6.45, 7) is 2.17. The molecule has 2 N–H and O–H groups in total. The molecule has 0 atom stereocenters. The van der Waals surface area contributed by atoms with Gasteiger partial charge in [-0.15, -0.1) is 0 Å². The quantitative estimate of drug-likeness (QED) is 0.230. The molecule has 4 aromatic rings. The highest BCUT2D eigenvalue weighted by atomic mass is 16.4. The summed E-state index contributed by atoms with van der Waals surface area (Å²) in [6, 6.07) is 31.9. The Balaban J connectivity index is 1.30. The van der Waals surface area contributed by atoms with E-state index in [1.165, 1.54) is 11.1 Å². The SMILES string of the molecule is O=C(O)CCN(Cc1cccc(-c2ccc(N3CCc4ccccc4C3)c(NC(=O)c3ccccc3)c2)c1)C(=O)C1CC1. The van der Waals surface area contributed by atoms with Gasteiger partial charge in [0.05, 0.1) is 17.8 Å². The van der Waals surface area contributed by atoms with Crippen LogP contribution in [0, 0.1) is 5.92 Å². The standard InChI is InChI=1S/C36H35N3O4/c40-34(41)18-20-39(36(43)28-13-14-28)23-25-7-6-12-29(21-25)30-15-16-33(38-19-17-26-8-4-5-11-31(26)24-38)32(22-30)37-35(42)27-9-2-1-3-10-27/h1-12,15-16,21-22,28H,13-14,17-20,23-24H2,(H,37,42)(H,40,41). The molecule has 7 nitrogen and oxygen atoms in total. The summed E-state index contributed by atoms with van der Waals surface area (Å²) in [6.07, 6.45) is 2.60. The minimum Gasteiger partial charge on any atom is -0.481 e. The van der Waals surface area contributed by atoms with Crippen molar-refractivity contribution in [2.45, 2.75) is 38.8 Å². The van der Waals surface area contributed by atoms with Crippen LogP contribution >= 0.6 is 0 Å². The summed E-state index contributed by atoms with van der Waals surface area (Å²) in [5, 5.41) is 12.4. The zero-order valence-corrected chi connectivity index (χ0v) is 24.0. The molecule has 0 saturated heterocycles. The summed E-state index contributed by atoms with van der Waals surface area (Å²) < 4.78 is 0. The highest BCUT2D eigenvalue weighted by molar-refractivity contribution is 6.06. The van der Waals surface area contributed by atoms with E-state index in [-0.39, 0.29) is 30.7 Å². The molecule has 1 aliphatic heterocycles. The second-order valence-corrected chi connectivity index (χ2v) is 11.4. The van der Waals surface area contributed by atoms with Crippen LogP contribution in [0.25, 0.3) is 11.1 Å². The van der Waals surface area contributed by atoms with Crippen molar-refractivity contribution in [2.75, 3.05) is 23.3 Å². The molecule has 0 radical (unpaired) electrons. The van der Waals surface area contributed by atoms with Gasteiger partial charge in [-0.1, -0.05) is 66.7 Å². The van der Waals surface area contributed by atoms with Crippen LogP contribution in [0.2, 0.25) is 0 Å². The molecule has 2 aliphatic rings. The number of nitrogens with zero attached hydrogens (tertiary/aromatic N) is 2. The predicted octanol–water partition coefficient (Wildman–Crippen LogP) is 6.38. The number of carbonyl (C=O) groups excluding carboxylic acids is 2. The molecule has 43 heavy (non-hydrogen) atoms. The van der Waals surface area contributed by atoms with Crippen LogP contribution in [0.4, 0.5) is 11.4 Å². The predicted molar refractivity (Wildman–Crippen MR) is 168 cm³/mol. The van der Waals surface area contributed by atoms with E-state index in [0.717, 1.165) is 60.4 Å². The Morgan fingerprint density at radius 3 is 2.35 bits per heavy atom. The van der Waals surface area contributed by atoms with E-state index < -0.39 is 5.97 Å². The lowest BCUT2D eigenvalue weighted by molar-refractivity contribution is -0.139. The van der Waals surface area contributed by atoms with E-state index in [9.17, 15) is 19.5 Å². The van der Waals surface area contributed by atoms with E-state index in [2.05, 4.69) is 46.6 Å². The lowest BCUT2D eigenvalue weighted by Crippen LogP contribution is -2.33. The summed E-state index contributed by atoms with van der Waals surface area (Å²) in [5.41, 5.74) is 7.78. The van der Waals surface area contributed by atoms with Gasteiger partial charge in [-0.25, -0.2) is 0 Å². The van der Waals surface area contributed by atoms with Gasteiger partial charge in [0.15, 0.2) is 0 Å². The molecule has 1 aliphatic carbocycles. The smallest absolute Gasteiger partial charge is 0.305 e. The van der Waals surface area contributed by atoms with Crippen molar-refractivity contribution in [1.29, 1.82) is 0 Å². The topological polar surface area (TPSA) is 89.9 Å². The van der Waals surface area contributed by atoms with Crippen LogP contribution in [0.1, 0.15) is 46.3 Å². The van der Waals surface area contributed by atoms with Gasteiger partial charge in [-0.05, 0) is 77.4 Å². The third-order valence-corrected chi connectivity index (χ3v) is 8.22. The molecule has 7 heteroatoms. The fourth-order valence-corrected chi connectivity index (χ4v) is 5.73. The maximum absolute atomic E-state index is 13.3. The van der Waals surface area contributed by atoms with Crippen molar-refractivity contribution in [3.8, 4) is 11.1 Å². The van der Waals surface area contributed by atoms with Crippen molar-refractivity contribution in [3.63, 3.8) is 0 Å². The summed E-state index contributed by atoms with van der Waals surface area (Å²) in [4.78, 5) is 41.4. The van der Waals surface area contributed by atoms with E-state index in [1.807, 2.05) is 48.5 Å². The average molecular weight is 574 g/mol. The van der Waals surface area contributed by atoms with Crippen LogP contribution < -0.4 is 10.2 Å². The number of carboxylic acids is 1. The van der Waals surface area contributed by atoms with Gasteiger partial charge in [0.25, 0.3) is 5.91 Å². The molecule has 1 fully saturated rings. The third-order valence-electron chi connectivity index (χ3n) is 8.22. The Labute approximate surface area is 251 Å². The molecular formula is C36H35N3O4. The minimum atomic E-state index is -0.912. The van der Waals surface area contributed by atoms with Crippen molar-refractivity contribution in [2.24, 2.45) is 5.92 Å². The monoisotopic (exact) mass is 573 g/mol. The number of carbonyl (C=O) groups is 3. The van der Waals surface area contributed by atoms with Crippen molar-refractivity contribution < 1.29 is 19.5 Å². The molecule has 1 saturated carbocycles. The number of aliphatic carboxylic acids is 1. The molecule has 218 valence electrons. The first-order chi connectivity index (χ1) is 20.9. The lowest BCUT2D eigenvalue weighted by Gasteiger charge is -2.32. The fraction of sp³-hybridized carbons (Fsp3) is 0.250. The minimum absolute atomic E-state index is 0.0158. The van der Waals surface area contributed by atoms with Crippen molar-refractivity contribution >= 4 is 29.2 Å². The molecular weight excluding hydrogens is 538 g/mol. The molecule has 0 spiro atoms. The molecule has 0 unspecified atom stereocenters. The number of nitrogens with one attached hydrogen (secondary N) is 1. The third kappa shape index (κ3) is 6.78. The second kappa shape index (κ2) is 12.5. The Bertz CT molecular complexity index is 1650. The highest BCUT2D eigenvalue weighted by Crippen LogP contribution is 2.36. The van der Waals surface area contributed by atoms with E-state index in [0.29, 0.717) is 12.1 Å². The number of amides is 2. The number of anilines is 2. The summed E-state index contributed by atoms with van der Waals surface area (Å²) in [7, 11) is 0. The molecule has 0 aromatic heterocycles. The normalized spacial score (nSPS) is 14.1. The van der Waals surface area contributed by atoms with Crippen molar-refractivity contribution in [1.82, 2.24) is 4.90 Å². The summed E-state index contributed by atoms with van der Waals surface area (Å²) in [5.74, 6) is -1.03. The molecule has 4 aromatic carbocycles. The van der Waals surface area contributed by atoms with E-state index in [4.69, 9.17) is 0 Å². The number of hydrogen-bond donors (Lipinski definition) is 2. The molecule has 2 amide bonds. The first-order valence-corrected chi connectivity index (χ1v) is 14.9. The molecule has 0 bridgehead atoms. The number of hydrogen-bond acceptors (Lipinski definition) is 4. The summed E-state index contributed by atoms with van der Waals surface area (Å²) >= 11 is 0. The van der Waals surface area contributed by atoms with Crippen LogP contribution in [0.3, 0.4) is 0 Å². The Morgan fingerprint density at radius 2 is 1.58 bits per heavy atom. The van der Waals surface area contributed by atoms with E-state index >= 15 is 0 Å². The zero-order valence-electron chi connectivity index (χ0n) is 24.0. The maximum Gasteiger partial charge on any atom is 0.305 e. The van der Waals surface area contributed by atoms with Crippen molar-refractivity contribution in [3.05, 3.63) is 119 Å². The van der Waals surface area contributed by atoms with Gasteiger partial charge in [0.1, 0.15) is 0 Å². The Hall–Kier alpha value is -4.91. The van der Waals surface area contributed by atoms with Crippen LogP contribution in [-0.2, 0) is 29.1 Å². The Morgan fingerprint density at radius 1 is 0.837 bits per heavy atom. The second-order valence-electron chi connectivity index (χ2n) is 11.4. The van der Waals surface area contributed by atoms with Gasteiger partial charge >= 0.3 is 5.97 Å². The lowest BCUT2D eigenvalue weighted by atomic mass is 9.98. The highest BCUT2D eigenvalue weighted by Gasteiger charge is 2.33. The van der Waals surface area contributed by atoms with Gasteiger partial charge in [-0.2, -0.15) is 0 Å². The van der Waals surface area contributed by atoms with Crippen LogP contribution in [0.15, 0.2) is 97.1 Å². The Kier molecular flexibility index (Phi) is 8.22. The fourth-order valence-electron chi connectivity index (χ4n) is 5.73.